The van der Waals surface area contributed by atoms with E-state index in [4.69, 9.17) is 33.3 Å². The van der Waals surface area contributed by atoms with Crippen molar-refractivity contribution in [1.29, 1.82) is 0 Å². The van der Waals surface area contributed by atoms with Gasteiger partial charge in [-0.3, -0.25) is 9.78 Å². The molecule has 0 spiro atoms. The summed E-state index contributed by atoms with van der Waals surface area (Å²) in [5, 5.41) is 10.2. The van der Waals surface area contributed by atoms with E-state index in [0.29, 0.717) is 41.0 Å². The van der Waals surface area contributed by atoms with Crippen molar-refractivity contribution in [1.82, 2.24) is 15.6 Å². The molecule has 1 fully saturated rings. The van der Waals surface area contributed by atoms with Crippen molar-refractivity contribution < 1.29 is 14.3 Å². The highest BCUT2D eigenvalue weighted by Crippen LogP contribution is 2.26. The van der Waals surface area contributed by atoms with Crippen molar-refractivity contribution in [2.45, 2.75) is 39.3 Å². The normalized spacial score (nSPS) is 20.1. The Balaban J connectivity index is 1.52. The quantitative estimate of drug-likeness (QED) is 0.469. The first-order chi connectivity index (χ1) is 16.4. The van der Waals surface area contributed by atoms with Crippen LogP contribution < -0.4 is 20.7 Å². The number of amides is 1. The van der Waals surface area contributed by atoms with Gasteiger partial charge in [-0.25, -0.2) is 0 Å². The van der Waals surface area contributed by atoms with Crippen LogP contribution in [0.25, 0.3) is 0 Å². The topological polar surface area (TPSA) is 84.5 Å². The number of nitrogens with zero attached hydrogens (tertiary/aromatic N) is 1. The zero-order valence-electron chi connectivity index (χ0n) is 19.3. The molecule has 0 saturated carbocycles. The van der Waals surface area contributed by atoms with E-state index in [0.717, 1.165) is 42.0 Å². The van der Waals surface area contributed by atoms with Gasteiger partial charge in [0.1, 0.15) is 17.3 Å². The van der Waals surface area contributed by atoms with Gasteiger partial charge >= 0.3 is 0 Å². The number of carbonyl (C=O) groups is 1. The van der Waals surface area contributed by atoms with Crippen LogP contribution in [0.3, 0.4) is 0 Å². The third-order valence-corrected chi connectivity index (χ3v) is 6.80. The number of nitrogens with one attached hydrogen (secondary N) is 3. The Kier molecular flexibility index (Phi) is 8.03. The minimum Gasteiger partial charge on any atom is -0.489 e. The van der Waals surface area contributed by atoms with Crippen LogP contribution in [0, 0.1) is 12.8 Å². The van der Waals surface area contributed by atoms with E-state index in [-0.39, 0.29) is 17.9 Å². The second-order valence-electron chi connectivity index (χ2n) is 8.55. The predicted molar refractivity (Wildman–Crippen MR) is 137 cm³/mol. The number of ether oxygens (including phenoxy) is 2. The van der Waals surface area contributed by atoms with Gasteiger partial charge in [0.15, 0.2) is 0 Å². The molecule has 0 radical (unpaired) electrons. The van der Waals surface area contributed by atoms with Crippen LogP contribution >= 0.6 is 23.8 Å². The molecule has 1 unspecified atom stereocenters. The molecule has 1 saturated heterocycles. The van der Waals surface area contributed by atoms with Crippen LogP contribution in [-0.4, -0.2) is 41.7 Å². The fraction of sp³-hybridized carbons (Fsp3) is 0.400. The summed E-state index contributed by atoms with van der Waals surface area (Å²) in [4.78, 5) is 17.4. The zero-order chi connectivity index (χ0) is 24.1. The van der Waals surface area contributed by atoms with Crippen LogP contribution in [-0.2, 0) is 16.1 Å². The number of pyridine rings is 1. The van der Waals surface area contributed by atoms with E-state index in [1.807, 2.05) is 31.2 Å². The van der Waals surface area contributed by atoms with Gasteiger partial charge in [-0.05, 0) is 43.5 Å². The standard InChI is InChI=1S/C25H29ClN4O3S/c1-15-11-29-24(31)22(25(34)30-20-7-3-6-19(26)16(20)2)23(15)28-12-17-8-9-27-13-21(17)33-14-18-5-4-10-32-18/h3,6-9,13,15,18,28H,4-5,10-12,14H2,1-2H3,(H,29,31)(H,30,34)/t15?,18-/m0/s1. The average Bonchev–Trinajstić information content (AvgIpc) is 3.35. The minimum absolute atomic E-state index is 0.0611. The summed E-state index contributed by atoms with van der Waals surface area (Å²) >= 11 is 11.9. The monoisotopic (exact) mass is 500 g/mol. The molecule has 3 N–H and O–H groups in total. The SMILES string of the molecule is Cc1c(Cl)cccc1NC(=S)C1=C(NCc2ccncc2OC[C@@H]2CCCO2)C(C)CNC1=O. The third-order valence-electron chi connectivity index (χ3n) is 6.09. The van der Waals surface area contributed by atoms with E-state index in [1.54, 1.807) is 12.4 Å². The first-order valence-electron chi connectivity index (χ1n) is 11.4. The summed E-state index contributed by atoms with van der Waals surface area (Å²) in [6.07, 6.45) is 5.64. The van der Waals surface area contributed by atoms with Crippen molar-refractivity contribution in [2.75, 3.05) is 25.1 Å². The summed E-state index contributed by atoms with van der Waals surface area (Å²) in [6.45, 7) is 6.25. The van der Waals surface area contributed by atoms with Crippen molar-refractivity contribution in [3.63, 3.8) is 0 Å². The van der Waals surface area contributed by atoms with Gasteiger partial charge in [0, 0.05) is 53.8 Å². The molecule has 1 amide bonds. The van der Waals surface area contributed by atoms with E-state index >= 15 is 0 Å². The smallest absolute Gasteiger partial charge is 0.256 e. The Labute approximate surface area is 210 Å². The lowest BCUT2D eigenvalue weighted by Crippen LogP contribution is -2.43. The highest BCUT2D eigenvalue weighted by Gasteiger charge is 2.29. The van der Waals surface area contributed by atoms with Crippen molar-refractivity contribution >= 4 is 40.4 Å². The first-order valence-corrected chi connectivity index (χ1v) is 12.2. The lowest BCUT2D eigenvalue weighted by atomic mass is 9.97. The molecular weight excluding hydrogens is 472 g/mol. The van der Waals surface area contributed by atoms with Gasteiger partial charge in [-0.2, -0.15) is 0 Å². The number of carbonyl (C=O) groups excluding carboxylic acids is 1. The zero-order valence-corrected chi connectivity index (χ0v) is 20.9. The molecule has 0 bridgehead atoms. The van der Waals surface area contributed by atoms with Gasteiger partial charge in [0.05, 0.1) is 17.9 Å². The summed E-state index contributed by atoms with van der Waals surface area (Å²) in [6, 6.07) is 7.47. The van der Waals surface area contributed by atoms with Crippen molar-refractivity contribution in [2.24, 2.45) is 5.92 Å². The maximum atomic E-state index is 12.9. The van der Waals surface area contributed by atoms with Gasteiger partial charge in [-0.1, -0.05) is 36.8 Å². The van der Waals surface area contributed by atoms with Crippen LogP contribution in [0.1, 0.15) is 30.9 Å². The Morgan fingerprint density at radius 2 is 2.24 bits per heavy atom. The molecule has 2 aliphatic rings. The highest BCUT2D eigenvalue weighted by atomic mass is 35.5. The number of hydrogen-bond donors (Lipinski definition) is 3. The van der Waals surface area contributed by atoms with Crippen LogP contribution in [0.5, 0.6) is 5.75 Å². The molecule has 3 heterocycles. The Morgan fingerprint density at radius 1 is 1.38 bits per heavy atom. The molecule has 9 heteroatoms. The molecule has 180 valence electrons. The summed E-state index contributed by atoms with van der Waals surface area (Å²) in [5.74, 6) is 0.559. The largest absolute Gasteiger partial charge is 0.489 e. The number of benzene rings is 1. The number of halogens is 1. The van der Waals surface area contributed by atoms with Gasteiger partial charge in [-0.15, -0.1) is 0 Å². The van der Waals surface area contributed by atoms with Gasteiger partial charge in [0.25, 0.3) is 5.91 Å². The molecule has 2 atom stereocenters. The molecule has 2 aliphatic heterocycles. The van der Waals surface area contributed by atoms with Crippen LogP contribution in [0.4, 0.5) is 5.69 Å². The Bertz CT molecular complexity index is 1100. The fourth-order valence-electron chi connectivity index (χ4n) is 4.05. The van der Waals surface area contributed by atoms with E-state index in [2.05, 4.69) is 27.9 Å². The highest BCUT2D eigenvalue weighted by molar-refractivity contribution is 7.81. The number of rotatable bonds is 8. The van der Waals surface area contributed by atoms with Crippen LogP contribution in [0.15, 0.2) is 47.9 Å². The molecule has 4 rings (SSSR count). The molecular formula is C25H29ClN4O3S. The van der Waals surface area contributed by atoms with Gasteiger partial charge < -0.3 is 25.4 Å². The minimum atomic E-state index is -0.206. The average molecular weight is 501 g/mol. The lowest BCUT2D eigenvalue weighted by molar-refractivity contribution is -0.117. The fourth-order valence-corrected chi connectivity index (χ4v) is 4.54. The maximum absolute atomic E-state index is 12.9. The summed E-state index contributed by atoms with van der Waals surface area (Å²) in [7, 11) is 0. The maximum Gasteiger partial charge on any atom is 0.256 e. The molecule has 7 nitrogen and oxygen atoms in total. The molecule has 2 aromatic rings. The van der Waals surface area contributed by atoms with E-state index < -0.39 is 0 Å². The first kappa shape index (κ1) is 24.4. The lowest BCUT2D eigenvalue weighted by Gasteiger charge is -2.28. The van der Waals surface area contributed by atoms with Gasteiger partial charge in [0.2, 0.25) is 0 Å². The number of aromatic nitrogens is 1. The Hall–Kier alpha value is -2.68. The van der Waals surface area contributed by atoms with Crippen LogP contribution in [0.2, 0.25) is 5.02 Å². The number of anilines is 1. The van der Waals surface area contributed by atoms with E-state index in [9.17, 15) is 4.79 Å². The third kappa shape index (κ3) is 5.68. The predicted octanol–water partition coefficient (Wildman–Crippen LogP) is 4.15. The number of hydrogen-bond acceptors (Lipinski definition) is 6. The second kappa shape index (κ2) is 11.2. The van der Waals surface area contributed by atoms with E-state index in [1.165, 1.54) is 0 Å². The molecule has 1 aromatic heterocycles. The van der Waals surface area contributed by atoms with Crippen molar-refractivity contribution in [3.05, 3.63) is 64.1 Å². The Morgan fingerprint density at radius 3 is 3.03 bits per heavy atom. The number of thiocarbonyl (C=S) groups is 1. The molecule has 0 aliphatic carbocycles. The van der Waals surface area contributed by atoms with Crippen molar-refractivity contribution in [3.8, 4) is 5.75 Å². The summed E-state index contributed by atoms with van der Waals surface area (Å²) in [5.41, 5.74) is 3.82. The molecule has 34 heavy (non-hydrogen) atoms. The second-order valence-corrected chi connectivity index (χ2v) is 9.36. The molecule has 1 aromatic carbocycles. The summed E-state index contributed by atoms with van der Waals surface area (Å²) < 4.78 is 11.7.